The molecule has 0 heterocycles. The first-order valence-electron chi connectivity index (χ1n) is 4.26. The van der Waals surface area contributed by atoms with Crippen molar-refractivity contribution in [3.05, 3.63) is 35.4 Å². The Morgan fingerprint density at radius 2 is 1.93 bits per heavy atom. The summed E-state index contributed by atoms with van der Waals surface area (Å²) in [7, 11) is -1.78. The molecule has 0 saturated carbocycles. The topological polar surface area (TPSA) is 72.2 Å². The molecule has 15 heavy (non-hydrogen) atoms. The summed E-state index contributed by atoms with van der Waals surface area (Å²) < 4.78 is 24.7. The largest absolute Gasteiger partial charge is 0.326 e. The Morgan fingerprint density at radius 1 is 1.33 bits per heavy atom. The highest BCUT2D eigenvalue weighted by Gasteiger charge is 2.08. The van der Waals surface area contributed by atoms with Crippen LogP contribution in [0.1, 0.15) is 11.1 Å². The average molecular weight is 251 g/mol. The van der Waals surface area contributed by atoms with Crippen molar-refractivity contribution in [1.29, 1.82) is 0 Å². The fourth-order valence-electron chi connectivity index (χ4n) is 1.14. The maximum Gasteiger partial charge on any atom is 0.215 e. The SMILES string of the molecule is CNS(=O)(=O)Cc1cccc(CN)c1.Cl. The predicted molar refractivity (Wildman–Crippen MR) is 63.3 cm³/mol. The highest BCUT2D eigenvalue weighted by Crippen LogP contribution is 2.07. The Balaban J connectivity index is 0.00000196. The lowest BCUT2D eigenvalue weighted by Gasteiger charge is -2.04. The van der Waals surface area contributed by atoms with Crippen LogP contribution in [0.25, 0.3) is 0 Å². The summed E-state index contributed by atoms with van der Waals surface area (Å²) >= 11 is 0. The number of hydrogen-bond donors (Lipinski definition) is 2. The first kappa shape index (κ1) is 14.4. The number of nitrogens with two attached hydrogens (primary N) is 1. The van der Waals surface area contributed by atoms with Crippen LogP contribution >= 0.6 is 12.4 Å². The molecule has 0 radical (unpaired) electrons. The highest BCUT2D eigenvalue weighted by atomic mass is 35.5. The van der Waals surface area contributed by atoms with E-state index in [1.807, 2.05) is 12.1 Å². The quantitative estimate of drug-likeness (QED) is 0.823. The summed E-state index contributed by atoms with van der Waals surface area (Å²) in [6.07, 6.45) is 0. The Hall–Kier alpha value is -0.620. The lowest BCUT2D eigenvalue weighted by atomic mass is 10.1. The van der Waals surface area contributed by atoms with Crippen molar-refractivity contribution in [2.24, 2.45) is 5.73 Å². The highest BCUT2D eigenvalue weighted by molar-refractivity contribution is 7.88. The molecule has 6 heteroatoms. The first-order valence-corrected chi connectivity index (χ1v) is 5.92. The molecule has 1 aromatic rings. The summed E-state index contributed by atoms with van der Waals surface area (Å²) in [6.45, 7) is 0.424. The van der Waals surface area contributed by atoms with Crippen molar-refractivity contribution in [2.75, 3.05) is 7.05 Å². The van der Waals surface area contributed by atoms with Gasteiger partial charge >= 0.3 is 0 Å². The van der Waals surface area contributed by atoms with E-state index in [0.29, 0.717) is 6.54 Å². The third-order valence-electron chi connectivity index (χ3n) is 1.89. The van der Waals surface area contributed by atoms with Gasteiger partial charge in [-0.15, -0.1) is 12.4 Å². The summed E-state index contributed by atoms with van der Waals surface area (Å²) in [5.41, 5.74) is 7.14. The Kier molecular flexibility index (Phi) is 5.82. The minimum absolute atomic E-state index is 0. The number of rotatable bonds is 4. The van der Waals surface area contributed by atoms with Crippen LogP contribution in [0.2, 0.25) is 0 Å². The maximum absolute atomic E-state index is 11.2. The molecule has 0 bridgehead atoms. The van der Waals surface area contributed by atoms with Crippen molar-refractivity contribution in [2.45, 2.75) is 12.3 Å². The maximum atomic E-state index is 11.2. The van der Waals surface area contributed by atoms with Crippen molar-refractivity contribution < 1.29 is 8.42 Å². The van der Waals surface area contributed by atoms with E-state index >= 15 is 0 Å². The fourth-order valence-corrected chi connectivity index (χ4v) is 1.90. The second kappa shape index (κ2) is 6.07. The molecule has 0 fully saturated rings. The summed E-state index contributed by atoms with van der Waals surface area (Å²) in [5, 5.41) is 0. The second-order valence-electron chi connectivity index (χ2n) is 2.99. The molecule has 0 aliphatic rings. The van der Waals surface area contributed by atoms with Crippen molar-refractivity contribution >= 4 is 22.4 Å². The number of nitrogens with one attached hydrogen (secondary N) is 1. The summed E-state index contributed by atoms with van der Waals surface area (Å²) in [5.74, 6) is -0.00264. The number of benzene rings is 1. The molecular formula is C9H15ClN2O2S. The van der Waals surface area contributed by atoms with E-state index in [1.165, 1.54) is 7.05 Å². The molecule has 1 aromatic carbocycles. The molecule has 0 aromatic heterocycles. The van der Waals surface area contributed by atoms with E-state index in [0.717, 1.165) is 11.1 Å². The molecule has 0 aliphatic carbocycles. The van der Waals surface area contributed by atoms with Crippen LogP contribution < -0.4 is 10.5 Å². The molecule has 3 N–H and O–H groups in total. The van der Waals surface area contributed by atoms with Crippen LogP contribution in [0.4, 0.5) is 0 Å². The molecule has 86 valence electrons. The Morgan fingerprint density at radius 3 is 2.47 bits per heavy atom. The van der Waals surface area contributed by atoms with Crippen LogP contribution in [0.15, 0.2) is 24.3 Å². The summed E-state index contributed by atoms with van der Waals surface area (Å²) in [4.78, 5) is 0. The van der Waals surface area contributed by atoms with E-state index in [1.54, 1.807) is 12.1 Å². The van der Waals surface area contributed by atoms with Crippen LogP contribution in [0.5, 0.6) is 0 Å². The van der Waals surface area contributed by atoms with Crippen molar-refractivity contribution in [1.82, 2.24) is 4.72 Å². The minimum atomic E-state index is -3.19. The molecule has 1 rings (SSSR count). The number of sulfonamides is 1. The predicted octanol–water partition coefficient (Wildman–Crippen LogP) is 0.616. The van der Waals surface area contributed by atoms with Gasteiger partial charge in [0, 0.05) is 6.54 Å². The molecule has 4 nitrogen and oxygen atoms in total. The van der Waals surface area contributed by atoms with Gasteiger partial charge in [0.05, 0.1) is 5.75 Å². The third kappa shape index (κ3) is 4.61. The van der Waals surface area contributed by atoms with Gasteiger partial charge in [0.25, 0.3) is 0 Å². The van der Waals surface area contributed by atoms with Gasteiger partial charge in [-0.3, -0.25) is 0 Å². The van der Waals surface area contributed by atoms with Gasteiger partial charge in [0.1, 0.15) is 0 Å². The van der Waals surface area contributed by atoms with Crippen LogP contribution in [-0.4, -0.2) is 15.5 Å². The number of hydrogen-bond acceptors (Lipinski definition) is 3. The fraction of sp³-hybridized carbons (Fsp3) is 0.333. The van der Waals surface area contributed by atoms with Gasteiger partial charge in [-0.05, 0) is 18.2 Å². The van der Waals surface area contributed by atoms with Gasteiger partial charge in [-0.2, -0.15) is 0 Å². The zero-order valence-corrected chi connectivity index (χ0v) is 10.1. The van der Waals surface area contributed by atoms with E-state index in [9.17, 15) is 8.42 Å². The lowest BCUT2D eigenvalue weighted by molar-refractivity contribution is 0.587. The van der Waals surface area contributed by atoms with E-state index < -0.39 is 10.0 Å². The van der Waals surface area contributed by atoms with Gasteiger partial charge in [0.2, 0.25) is 10.0 Å². The molecule has 0 atom stereocenters. The van der Waals surface area contributed by atoms with Crippen molar-refractivity contribution in [3.8, 4) is 0 Å². The van der Waals surface area contributed by atoms with E-state index in [-0.39, 0.29) is 18.2 Å². The average Bonchev–Trinajstić information content (AvgIpc) is 2.17. The lowest BCUT2D eigenvalue weighted by Crippen LogP contribution is -2.20. The van der Waals surface area contributed by atoms with E-state index in [2.05, 4.69) is 4.72 Å². The molecule has 0 aliphatic heterocycles. The Bertz CT molecular complexity index is 406. The van der Waals surface area contributed by atoms with Crippen LogP contribution in [-0.2, 0) is 22.3 Å². The third-order valence-corrected chi connectivity index (χ3v) is 3.23. The normalized spacial score (nSPS) is 10.8. The first-order chi connectivity index (χ1) is 6.57. The van der Waals surface area contributed by atoms with Gasteiger partial charge in [-0.25, -0.2) is 13.1 Å². The van der Waals surface area contributed by atoms with Crippen LogP contribution in [0, 0.1) is 0 Å². The zero-order valence-electron chi connectivity index (χ0n) is 8.43. The number of halogens is 1. The van der Waals surface area contributed by atoms with Crippen LogP contribution in [0.3, 0.4) is 0 Å². The smallest absolute Gasteiger partial charge is 0.215 e. The monoisotopic (exact) mass is 250 g/mol. The minimum Gasteiger partial charge on any atom is -0.326 e. The van der Waals surface area contributed by atoms with Gasteiger partial charge in [-0.1, -0.05) is 24.3 Å². The molecule has 0 saturated heterocycles. The molecule has 0 amide bonds. The standard InChI is InChI=1S/C9H14N2O2S.ClH/c1-11-14(12,13)7-9-4-2-3-8(5-9)6-10;/h2-5,11H,6-7,10H2,1H3;1H. The molecule has 0 unspecified atom stereocenters. The van der Waals surface area contributed by atoms with E-state index in [4.69, 9.17) is 5.73 Å². The van der Waals surface area contributed by atoms with Gasteiger partial charge in [0.15, 0.2) is 0 Å². The summed E-state index contributed by atoms with van der Waals surface area (Å²) in [6, 6.07) is 7.25. The van der Waals surface area contributed by atoms with Crippen molar-refractivity contribution in [3.63, 3.8) is 0 Å². The Labute approximate surface area is 96.3 Å². The molecular weight excluding hydrogens is 236 g/mol. The molecule has 0 spiro atoms. The zero-order chi connectivity index (χ0) is 10.6. The van der Waals surface area contributed by atoms with Gasteiger partial charge < -0.3 is 5.73 Å². The second-order valence-corrected chi connectivity index (χ2v) is 4.91.